The summed E-state index contributed by atoms with van der Waals surface area (Å²) in [4.78, 5) is 7.21. The molecule has 3 nitrogen and oxygen atoms in total. The Balaban J connectivity index is 1.82. The number of likely N-dealkylation sites (tertiary alicyclic amines) is 1. The largest absolute Gasteiger partial charge is 0.321 e. The van der Waals surface area contributed by atoms with Crippen molar-refractivity contribution < 1.29 is 0 Å². The minimum Gasteiger partial charge on any atom is -0.321 e. The Kier molecular flexibility index (Phi) is 4.41. The highest BCUT2D eigenvalue weighted by molar-refractivity contribution is 7.09. The summed E-state index contributed by atoms with van der Waals surface area (Å²) < 4.78 is 0. The van der Waals surface area contributed by atoms with Crippen molar-refractivity contribution in [1.82, 2.24) is 9.88 Å². The maximum Gasteiger partial charge on any atom is 0.0941 e. The van der Waals surface area contributed by atoms with Crippen LogP contribution in [0.3, 0.4) is 0 Å². The summed E-state index contributed by atoms with van der Waals surface area (Å²) in [5, 5.41) is 3.33. The van der Waals surface area contributed by atoms with Crippen LogP contribution in [0, 0.1) is 5.92 Å². The van der Waals surface area contributed by atoms with Crippen LogP contribution >= 0.6 is 11.3 Å². The molecule has 4 heteroatoms. The van der Waals surface area contributed by atoms with Gasteiger partial charge in [-0.25, -0.2) is 4.98 Å². The summed E-state index contributed by atoms with van der Waals surface area (Å²) in [5.41, 5.74) is 6.77. The molecule has 2 N–H and O–H groups in total. The van der Waals surface area contributed by atoms with Gasteiger partial charge in [0.15, 0.2) is 0 Å². The van der Waals surface area contributed by atoms with Gasteiger partial charge in [0.1, 0.15) is 0 Å². The fraction of sp³-hybridized carbons (Fsp3) is 0.786. The second-order valence-electron chi connectivity index (χ2n) is 6.12. The second-order valence-corrected chi connectivity index (χ2v) is 7.06. The van der Waals surface area contributed by atoms with Gasteiger partial charge in [-0.15, -0.1) is 11.3 Å². The normalized spacial score (nSPS) is 19.3. The van der Waals surface area contributed by atoms with E-state index in [0.29, 0.717) is 0 Å². The van der Waals surface area contributed by atoms with Crippen LogP contribution in [0.25, 0.3) is 0 Å². The van der Waals surface area contributed by atoms with Crippen molar-refractivity contribution >= 4 is 11.3 Å². The fourth-order valence-electron chi connectivity index (χ4n) is 2.26. The van der Waals surface area contributed by atoms with Crippen molar-refractivity contribution in [3.05, 3.63) is 16.1 Å². The predicted octanol–water partition coefficient (Wildman–Crippen LogP) is 2.61. The van der Waals surface area contributed by atoms with Crippen molar-refractivity contribution in [2.24, 2.45) is 11.7 Å². The molecule has 1 aromatic rings. The molecule has 1 aromatic heterocycles. The Morgan fingerprint density at radius 3 is 2.67 bits per heavy atom. The van der Waals surface area contributed by atoms with Crippen LogP contribution in [0.4, 0.5) is 0 Å². The zero-order valence-electron chi connectivity index (χ0n) is 11.8. The van der Waals surface area contributed by atoms with E-state index in [0.717, 1.165) is 24.6 Å². The number of nitrogens with zero attached hydrogens (tertiary/aromatic N) is 2. The van der Waals surface area contributed by atoms with E-state index < -0.39 is 0 Å². The summed E-state index contributed by atoms with van der Waals surface area (Å²) in [6, 6.07) is 0. The van der Waals surface area contributed by atoms with Crippen molar-refractivity contribution in [2.45, 2.75) is 45.6 Å². The Labute approximate surface area is 114 Å². The zero-order chi connectivity index (χ0) is 13.2. The highest BCUT2D eigenvalue weighted by Gasteiger charge is 2.19. The van der Waals surface area contributed by atoms with Crippen LogP contribution in [0.2, 0.25) is 0 Å². The maximum atomic E-state index is 6.06. The lowest BCUT2D eigenvalue weighted by Gasteiger charge is -2.29. The molecule has 0 saturated carbocycles. The molecule has 0 atom stereocenters. The summed E-state index contributed by atoms with van der Waals surface area (Å²) in [6.07, 6.45) is 3.76. The molecule has 2 rings (SSSR count). The van der Waals surface area contributed by atoms with E-state index in [2.05, 4.69) is 22.2 Å². The van der Waals surface area contributed by atoms with E-state index in [9.17, 15) is 0 Å². The van der Waals surface area contributed by atoms with Gasteiger partial charge in [0, 0.05) is 18.3 Å². The third-order valence-corrected chi connectivity index (χ3v) is 4.64. The second kappa shape index (κ2) is 5.68. The standard InChI is InChI=1S/C14H25N3S/c1-11-4-7-17(8-5-11)9-6-13-16-12(10-18-13)14(2,3)15/h10-11H,4-9,15H2,1-3H3. The molecule has 1 aliphatic rings. The predicted molar refractivity (Wildman–Crippen MR) is 77.9 cm³/mol. The first-order valence-electron chi connectivity index (χ1n) is 6.91. The van der Waals surface area contributed by atoms with Gasteiger partial charge >= 0.3 is 0 Å². The minimum absolute atomic E-state index is 0.310. The van der Waals surface area contributed by atoms with Crippen molar-refractivity contribution in [3.63, 3.8) is 0 Å². The number of thiazole rings is 1. The molecule has 1 fully saturated rings. The van der Waals surface area contributed by atoms with Gasteiger partial charge in [0.05, 0.1) is 16.2 Å². The molecule has 1 aliphatic heterocycles. The molecule has 18 heavy (non-hydrogen) atoms. The Bertz CT molecular complexity index is 373. The van der Waals surface area contributed by atoms with Crippen LogP contribution in [-0.2, 0) is 12.0 Å². The molecule has 0 bridgehead atoms. The Morgan fingerprint density at radius 1 is 1.44 bits per heavy atom. The molecule has 0 aliphatic carbocycles. The monoisotopic (exact) mass is 267 g/mol. The number of hydrogen-bond donors (Lipinski definition) is 1. The van der Waals surface area contributed by atoms with E-state index in [1.807, 2.05) is 13.8 Å². The molecule has 102 valence electrons. The first-order valence-corrected chi connectivity index (χ1v) is 7.79. The van der Waals surface area contributed by atoms with Gasteiger partial charge in [-0.05, 0) is 45.7 Å². The number of nitrogens with two attached hydrogens (primary N) is 1. The molecular formula is C14H25N3S. The van der Waals surface area contributed by atoms with E-state index in [4.69, 9.17) is 5.73 Å². The number of hydrogen-bond acceptors (Lipinski definition) is 4. The SMILES string of the molecule is CC1CCN(CCc2nc(C(C)(C)N)cs2)CC1. The van der Waals surface area contributed by atoms with E-state index in [1.54, 1.807) is 11.3 Å². The zero-order valence-corrected chi connectivity index (χ0v) is 12.6. The highest BCUT2D eigenvalue weighted by Crippen LogP contribution is 2.21. The van der Waals surface area contributed by atoms with Gasteiger partial charge < -0.3 is 10.6 Å². The number of piperidine rings is 1. The van der Waals surface area contributed by atoms with Crippen LogP contribution in [0.5, 0.6) is 0 Å². The van der Waals surface area contributed by atoms with Crippen molar-refractivity contribution in [2.75, 3.05) is 19.6 Å². The molecule has 0 amide bonds. The van der Waals surface area contributed by atoms with Gasteiger partial charge in [-0.1, -0.05) is 6.92 Å². The fourth-order valence-corrected chi connectivity index (χ4v) is 3.23. The number of rotatable bonds is 4. The lowest BCUT2D eigenvalue weighted by Crippen LogP contribution is -2.34. The van der Waals surface area contributed by atoms with Gasteiger partial charge in [0.2, 0.25) is 0 Å². The minimum atomic E-state index is -0.310. The van der Waals surface area contributed by atoms with Gasteiger partial charge in [0.25, 0.3) is 0 Å². The molecule has 0 unspecified atom stereocenters. The highest BCUT2D eigenvalue weighted by atomic mass is 32.1. The smallest absolute Gasteiger partial charge is 0.0941 e. The molecule has 1 saturated heterocycles. The summed E-state index contributed by atoms with van der Waals surface area (Å²) >= 11 is 1.75. The lowest BCUT2D eigenvalue weighted by atomic mass is 9.99. The third-order valence-electron chi connectivity index (χ3n) is 3.73. The Morgan fingerprint density at radius 2 is 2.11 bits per heavy atom. The van der Waals surface area contributed by atoms with Gasteiger partial charge in [-0.2, -0.15) is 0 Å². The van der Waals surface area contributed by atoms with Crippen LogP contribution in [0.1, 0.15) is 44.3 Å². The van der Waals surface area contributed by atoms with E-state index >= 15 is 0 Å². The topological polar surface area (TPSA) is 42.2 Å². The molecule has 2 heterocycles. The molecule has 0 spiro atoms. The molecule has 0 aromatic carbocycles. The third kappa shape index (κ3) is 3.77. The summed E-state index contributed by atoms with van der Waals surface area (Å²) in [7, 11) is 0. The van der Waals surface area contributed by atoms with Crippen LogP contribution in [0.15, 0.2) is 5.38 Å². The average molecular weight is 267 g/mol. The summed E-state index contributed by atoms with van der Waals surface area (Å²) in [5.74, 6) is 0.908. The Hall–Kier alpha value is -0.450. The average Bonchev–Trinajstić information content (AvgIpc) is 2.77. The molecule has 0 radical (unpaired) electrons. The first-order chi connectivity index (χ1) is 8.45. The quantitative estimate of drug-likeness (QED) is 0.912. The van der Waals surface area contributed by atoms with E-state index in [1.165, 1.54) is 30.9 Å². The maximum absolute atomic E-state index is 6.06. The van der Waals surface area contributed by atoms with E-state index in [-0.39, 0.29) is 5.54 Å². The summed E-state index contributed by atoms with van der Waals surface area (Å²) in [6.45, 7) is 10.0. The van der Waals surface area contributed by atoms with Crippen molar-refractivity contribution in [3.8, 4) is 0 Å². The van der Waals surface area contributed by atoms with Crippen molar-refractivity contribution in [1.29, 1.82) is 0 Å². The van der Waals surface area contributed by atoms with Crippen LogP contribution in [-0.4, -0.2) is 29.5 Å². The lowest BCUT2D eigenvalue weighted by molar-refractivity contribution is 0.194. The van der Waals surface area contributed by atoms with Crippen LogP contribution < -0.4 is 5.73 Å². The van der Waals surface area contributed by atoms with Gasteiger partial charge in [-0.3, -0.25) is 0 Å². The number of aromatic nitrogens is 1. The molecular weight excluding hydrogens is 242 g/mol. The first kappa shape index (κ1) is 14.0.